The van der Waals surface area contributed by atoms with E-state index in [2.05, 4.69) is 17.6 Å². The molecule has 4 heteroatoms. The van der Waals surface area contributed by atoms with Crippen LogP contribution in [0.4, 0.5) is 0 Å². The van der Waals surface area contributed by atoms with E-state index in [9.17, 15) is 4.79 Å². The van der Waals surface area contributed by atoms with Crippen LogP contribution in [-0.2, 0) is 9.53 Å². The predicted molar refractivity (Wildman–Crippen MR) is 80.7 cm³/mol. The lowest BCUT2D eigenvalue weighted by molar-refractivity contribution is -0.133. The first-order valence-electron chi connectivity index (χ1n) is 8.37. The van der Waals surface area contributed by atoms with E-state index in [-0.39, 0.29) is 11.3 Å². The van der Waals surface area contributed by atoms with Crippen LogP contribution >= 0.6 is 0 Å². The topological polar surface area (TPSA) is 50.4 Å². The molecule has 1 aliphatic carbocycles. The van der Waals surface area contributed by atoms with E-state index in [1.54, 1.807) is 0 Å². The highest BCUT2D eigenvalue weighted by Gasteiger charge is 2.38. The fraction of sp³-hybridized carbons (Fsp3) is 0.938. The van der Waals surface area contributed by atoms with Crippen molar-refractivity contribution in [1.82, 2.24) is 10.6 Å². The first kappa shape index (κ1) is 15.8. The van der Waals surface area contributed by atoms with Crippen LogP contribution in [0.1, 0.15) is 58.3 Å². The molecule has 0 radical (unpaired) electrons. The molecule has 0 aromatic carbocycles. The van der Waals surface area contributed by atoms with Crippen molar-refractivity contribution in [2.75, 3.05) is 26.2 Å². The molecule has 0 aromatic heterocycles. The predicted octanol–water partition coefficient (Wildman–Crippen LogP) is 2.23. The molecule has 0 aromatic rings. The molecule has 20 heavy (non-hydrogen) atoms. The summed E-state index contributed by atoms with van der Waals surface area (Å²) in [6, 6.07) is 0. The third kappa shape index (κ3) is 4.19. The van der Waals surface area contributed by atoms with Gasteiger partial charge in [-0.15, -0.1) is 0 Å². The second-order valence-electron chi connectivity index (χ2n) is 6.31. The van der Waals surface area contributed by atoms with Crippen molar-refractivity contribution in [3.63, 3.8) is 0 Å². The molecule has 0 spiro atoms. The fourth-order valence-corrected chi connectivity index (χ4v) is 3.61. The zero-order chi connectivity index (χ0) is 14.3. The Hall–Kier alpha value is -0.610. The van der Waals surface area contributed by atoms with E-state index < -0.39 is 0 Å². The highest BCUT2D eigenvalue weighted by molar-refractivity contribution is 5.82. The average Bonchev–Trinajstić information content (AvgIpc) is 2.98. The molecule has 1 heterocycles. The van der Waals surface area contributed by atoms with Crippen LogP contribution in [0.2, 0.25) is 0 Å². The minimum Gasteiger partial charge on any atom is -0.376 e. The van der Waals surface area contributed by atoms with Crippen molar-refractivity contribution >= 4 is 5.91 Å². The summed E-state index contributed by atoms with van der Waals surface area (Å²) in [7, 11) is 0. The maximum absolute atomic E-state index is 12.5. The minimum atomic E-state index is -0.132. The van der Waals surface area contributed by atoms with E-state index in [0.717, 1.165) is 38.8 Å². The summed E-state index contributed by atoms with van der Waals surface area (Å²) in [5.74, 6) is 0.246. The summed E-state index contributed by atoms with van der Waals surface area (Å²) in [5.41, 5.74) is -0.132. The number of carbonyl (C=O) groups is 1. The van der Waals surface area contributed by atoms with Gasteiger partial charge in [0.05, 0.1) is 18.1 Å². The average molecular weight is 282 g/mol. The first-order valence-corrected chi connectivity index (χ1v) is 8.37. The summed E-state index contributed by atoms with van der Waals surface area (Å²) in [5, 5.41) is 6.46. The van der Waals surface area contributed by atoms with Crippen molar-refractivity contribution in [3.05, 3.63) is 0 Å². The van der Waals surface area contributed by atoms with E-state index >= 15 is 0 Å². The van der Waals surface area contributed by atoms with Crippen LogP contribution in [-0.4, -0.2) is 38.3 Å². The van der Waals surface area contributed by atoms with E-state index in [1.807, 2.05) is 0 Å². The molecule has 1 saturated heterocycles. The zero-order valence-corrected chi connectivity index (χ0v) is 12.9. The van der Waals surface area contributed by atoms with Gasteiger partial charge in [0, 0.05) is 6.54 Å². The molecule has 0 atom stereocenters. The van der Waals surface area contributed by atoms with Gasteiger partial charge in [-0.2, -0.15) is 0 Å². The van der Waals surface area contributed by atoms with E-state index in [0.29, 0.717) is 19.3 Å². The normalized spacial score (nSPS) is 22.9. The van der Waals surface area contributed by atoms with Crippen LogP contribution in [0.25, 0.3) is 0 Å². The number of rotatable bonds is 7. The Morgan fingerprint density at radius 3 is 2.65 bits per heavy atom. The van der Waals surface area contributed by atoms with Gasteiger partial charge >= 0.3 is 0 Å². The Morgan fingerprint density at radius 1 is 1.30 bits per heavy atom. The van der Waals surface area contributed by atoms with Crippen molar-refractivity contribution in [3.8, 4) is 0 Å². The highest BCUT2D eigenvalue weighted by Crippen LogP contribution is 2.34. The Labute approximate surface area is 123 Å². The lowest BCUT2D eigenvalue weighted by Crippen LogP contribution is -2.48. The zero-order valence-electron chi connectivity index (χ0n) is 12.9. The van der Waals surface area contributed by atoms with Gasteiger partial charge in [-0.25, -0.2) is 0 Å². The number of amides is 1. The highest BCUT2D eigenvalue weighted by atomic mass is 16.5. The number of nitrogens with one attached hydrogen (secondary N) is 2. The number of ether oxygens (including phenoxy) is 1. The Balaban J connectivity index is 1.70. The van der Waals surface area contributed by atoms with Gasteiger partial charge in [-0.1, -0.05) is 26.2 Å². The van der Waals surface area contributed by atoms with Crippen molar-refractivity contribution in [1.29, 1.82) is 0 Å². The molecule has 0 bridgehead atoms. The monoisotopic (exact) mass is 282 g/mol. The number of hydrogen-bond donors (Lipinski definition) is 2. The molecule has 0 unspecified atom stereocenters. The number of hydrogen-bond acceptors (Lipinski definition) is 3. The van der Waals surface area contributed by atoms with Gasteiger partial charge < -0.3 is 15.4 Å². The second kappa shape index (κ2) is 7.99. The minimum absolute atomic E-state index is 0.132. The third-order valence-electron chi connectivity index (χ3n) is 4.81. The standard InChI is InChI=1S/C16H30N2O2/c1-2-7-16(8-10-17-11-9-16)15(19)18-12-13-20-14-5-3-4-6-14/h14,17H,2-13H2,1H3,(H,18,19). The van der Waals surface area contributed by atoms with Crippen LogP contribution < -0.4 is 10.6 Å². The molecule has 2 fully saturated rings. The van der Waals surface area contributed by atoms with Gasteiger partial charge in [0.25, 0.3) is 0 Å². The molecule has 1 aliphatic heterocycles. The molecule has 4 nitrogen and oxygen atoms in total. The molecular formula is C16H30N2O2. The van der Waals surface area contributed by atoms with Gasteiger partial charge in [-0.3, -0.25) is 4.79 Å². The molecule has 2 aliphatic rings. The van der Waals surface area contributed by atoms with Crippen LogP contribution in [0.15, 0.2) is 0 Å². The summed E-state index contributed by atoms with van der Waals surface area (Å²) in [6.07, 6.45) is 9.43. The van der Waals surface area contributed by atoms with Crippen molar-refractivity contribution in [2.45, 2.75) is 64.4 Å². The SMILES string of the molecule is CCCC1(C(=O)NCCOC2CCCC2)CCNCC1. The molecule has 2 N–H and O–H groups in total. The van der Waals surface area contributed by atoms with Crippen molar-refractivity contribution < 1.29 is 9.53 Å². The molecular weight excluding hydrogens is 252 g/mol. The quantitative estimate of drug-likeness (QED) is 0.704. The van der Waals surface area contributed by atoms with Gasteiger partial charge in [0.2, 0.25) is 5.91 Å². The Bertz CT molecular complexity index is 289. The Morgan fingerprint density at radius 2 is 2.00 bits per heavy atom. The Kier molecular flexibility index (Phi) is 6.30. The summed E-state index contributed by atoms with van der Waals surface area (Å²) >= 11 is 0. The lowest BCUT2D eigenvalue weighted by atomic mass is 9.74. The van der Waals surface area contributed by atoms with Gasteiger partial charge in [0.15, 0.2) is 0 Å². The fourth-order valence-electron chi connectivity index (χ4n) is 3.61. The lowest BCUT2D eigenvalue weighted by Gasteiger charge is -2.36. The maximum Gasteiger partial charge on any atom is 0.226 e. The summed E-state index contributed by atoms with van der Waals surface area (Å²) < 4.78 is 5.81. The summed E-state index contributed by atoms with van der Waals surface area (Å²) in [6.45, 7) is 5.42. The molecule has 2 rings (SSSR count). The third-order valence-corrected chi connectivity index (χ3v) is 4.81. The van der Waals surface area contributed by atoms with Crippen LogP contribution in [0, 0.1) is 5.41 Å². The molecule has 1 amide bonds. The van der Waals surface area contributed by atoms with E-state index in [1.165, 1.54) is 25.7 Å². The van der Waals surface area contributed by atoms with Gasteiger partial charge in [0.1, 0.15) is 0 Å². The van der Waals surface area contributed by atoms with Crippen LogP contribution in [0.3, 0.4) is 0 Å². The van der Waals surface area contributed by atoms with Crippen LogP contribution in [0.5, 0.6) is 0 Å². The largest absolute Gasteiger partial charge is 0.376 e. The summed E-state index contributed by atoms with van der Waals surface area (Å²) in [4.78, 5) is 12.5. The van der Waals surface area contributed by atoms with E-state index in [4.69, 9.17) is 4.74 Å². The smallest absolute Gasteiger partial charge is 0.226 e. The maximum atomic E-state index is 12.5. The van der Waals surface area contributed by atoms with Crippen molar-refractivity contribution in [2.24, 2.45) is 5.41 Å². The second-order valence-corrected chi connectivity index (χ2v) is 6.31. The molecule has 116 valence electrons. The first-order chi connectivity index (χ1) is 9.77. The molecule has 1 saturated carbocycles. The number of carbonyl (C=O) groups excluding carboxylic acids is 1. The number of piperidine rings is 1. The van der Waals surface area contributed by atoms with Gasteiger partial charge in [-0.05, 0) is 45.2 Å².